The van der Waals surface area contributed by atoms with Gasteiger partial charge in [0.15, 0.2) is 5.82 Å². The van der Waals surface area contributed by atoms with E-state index in [9.17, 15) is 9.59 Å². The molecule has 0 radical (unpaired) electrons. The number of halogens is 1. The van der Waals surface area contributed by atoms with Crippen LogP contribution >= 0.6 is 0 Å². The summed E-state index contributed by atoms with van der Waals surface area (Å²) in [4.78, 5) is 25.9. The summed E-state index contributed by atoms with van der Waals surface area (Å²) in [5, 5.41) is 8.73. The molecule has 8 nitrogen and oxygen atoms in total. The molecule has 0 spiro atoms. The molecule has 150 valence electrons. The topological polar surface area (TPSA) is 96.6 Å². The van der Waals surface area contributed by atoms with E-state index in [1.807, 2.05) is 0 Å². The van der Waals surface area contributed by atoms with Crippen molar-refractivity contribution in [3.05, 3.63) is 47.5 Å². The first kappa shape index (κ1) is 19.8. The van der Waals surface area contributed by atoms with Gasteiger partial charge < -0.3 is 19.7 Å². The van der Waals surface area contributed by atoms with Crippen LogP contribution in [-0.2, 0) is 9.47 Å². The molecule has 0 saturated carbocycles. The monoisotopic (exact) mass is 390 g/mol. The Labute approximate surface area is 162 Å². The molecule has 28 heavy (non-hydrogen) atoms. The van der Waals surface area contributed by atoms with Crippen molar-refractivity contribution in [1.29, 1.82) is 0 Å². The number of rotatable bonds is 3. The summed E-state index contributed by atoms with van der Waals surface area (Å²) in [5.41, 5.74) is -0.118. The Balaban J connectivity index is 1.74. The van der Waals surface area contributed by atoms with Crippen LogP contribution in [-0.4, -0.2) is 52.4 Å². The highest BCUT2D eigenvalue weighted by Crippen LogP contribution is 2.29. The van der Waals surface area contributed by atoms with Crippen molar-refractivity contribution in [1.82, 2.24) is 15.1 Å². The number of nitrogens with one attached hydrogen (secondary N) is 2. The van der Waals surface area contributed by atoms with Gasteiger partial charge in [-0.2, -0.15) is 5.10 Å². The number of anilines is 1. The van der Waals surface area contributed by atoms with E-state index in [0.29, 0.717) is 6.54 Å². The fraction of sp³-hybridized carbons (Fsp3) is 0.421. The summed E-state index contributed by atoms with van der Waals surface area (Å²) < 4.78 is 26.1. The third-order valence-electron chi connectivity index (χ3n) is 4.09. The molecule has 1 aliphatic heterocycles. The van der Waals surface area contributed by atoms with Crippen LogP contribution in [0, 0.1) is 5.82 Å². The molecule has 2 aromatic rings. The zero-order valence-electron chi connectivity index (χ0n) is 16.0. The molecule has 9 heteroatoms. The highest BCUT2D eigenvalue weighted by atomic mass is 19.1. The number of nitrogens with zero attached hydrogens (tertiary/aromatic N) is 2. The largest absolute Gasteiger partial charge is 0.444 e. The van der Waals surface area contributed by atoms with Crippen molar-refractivity contribution in [2.45, 2.75) is 32.5 Å². The van der Waals surface area contributed by atoms with E-state index in [-0.39, 0.29) is 30.1 Å². The van der Waals surface area contributed by atoms with Crippen LogP contribution in [0.1, 0.15) is 42.9 Å². The van der Waals surface area contributed by atoms with Crippen LogP contribution in [0.5, 0.6) is 0 Å². The zero-order valence-corrected chi connectivity index (χ0v) is 16.0. The SMILES string of the molecule is CC(C)(C)OC(=O)N1CCO[C@@H](c2cccc(NC(=O)c3ccn[nH]3)c2F)C1. The number of carbonyl (C=O) groups excluding carboxylic acids is 2. The molecule has 1 aliphatic rings. The number of ether oxygens (including phenoxy) is 2. The average Bonchev–Trinajstić information content (AvgIpc) is 3.17. The summed E-state index contributed by atoms with van der Waals surface area (Å²) in [6.07, 6.45) is 0.304. The van der Waals surface area contributed by atoms with Crippen LogP contribution in [0.25, 0.3) is 0 Å². The number of carbonyl (C=O) groups is 2. The summed E-state index contributed by atoms with van der Waals surface area (Å²) in [6, 6.07) is 6.14. The molecular weight excluding hydrogens is 367 g/mol. The Morgan fingerprint density at radius 1 is 1.36 bits per heavy atom. The standard InChI is InChI=1S/C19H23FN4O4/c1-19(2,3)28-18(26)24-9-10-27-15(11-24)12-5-4-6-13(16(12)20)22-17(25)14-7-8-21-23-14/h4-8,15H,9-11H2,1-3H3,(H,21,23)(H,22,25)/t15-/m1/s1. The first-order valence-corrected chi connectivity index (χ1v) is 8.93. The van der Waals surface area contributed by atoms with Gasteiger partial charge in [0.05, 0.1) is 18.8 Å². The number of benzene rings is 1. The second-order valence-electron chi connectivity index (χ2n) is 7.42. The van der Waals surface area contributed by atoms with Crippen LogP contribution in [0.15, 0.2) is 30.5 Å². The van der Waals surface area contributed by atoms with Crippen molar-refractivity contribution in [2.24, 2.45) is 0 Å². The molecule has 2 heterocycles. The van der Waals surface area contributed by atoms with Crippen LogP contribution in [0.3, 0.4) is 0 Å². The third kappa shape index (κ3) is 4.66. The maximum atomic E-state index is 15.0. The Bertz CT molecular complexity index is 848. The minimum absolute atomic E-state index is 0.0232. The summed E-state index contributed by atoms with van der Waals surface area (Å²) >= 11 is 0. The predicted molar refractivity (Wildman–Crippen MR) is 99.4 cm³/mol. The highest BCUT2D eigenvalue weighted by molar-refractivity contribution is 6.02. The van der Waals surface area contributed by atoms with Crippen LogP contribution in [0.4, 0.5) is 14.9 Å². The highest BCUT2D eigenvalue weighted by Gasteiger charge is 2.30. The molecular formula is C19H23FN4O4. The van der Waals surface area contributed by atoms with Gasteiger partial charge in [-0.1, -0.05) is 12.1 Å². The Morgan fingerprint density at radius 2 is 2.14 bits per heavy atom. The number of aromatic nitrogens is 2. The summed E-state index contributed by atoms with van der Waals surface area (Å²) in [6.45, 7) is 6.14. The van der Waals surface area contributed by atoms with E-state index in [0.717, 1.165) is 0 Å². The molecule has 0 unspecified atom stereocenters. The predicted octanol–water partition coefficient (Wildman–Crippen LogP) is 3.11. The smallest absolute Gasteiger partial charge is 0.410 e. The molecule has 1 aromatic carbocycles. The lowest BCUT2D eigenvalue weighted by atomic mass is 10.1. The number of hydrogen-bond donors (Lipinski definition) is 2. The van der Waals surface area contributed by atoms with E-state index < -0.39 is 29.5 Å². The van der Waals surface area contributed by atoms with Crippen molar-refractivity contribution in [2.75, 3.05) is 25.0 Å². The minimum Gasteiger partial charge on any atom is -0.444 e. The van der Waals surface area contributed by atoms with Crippen LogP contribution in [0.2, 0.25) is 0 Å². The van der Waals surface area contributed by atoms with Crippen molar-refractivity contribution >= 4 is 17.7 Å². The molecule has 2 amide bonds. The summed E-state index contributed by atoms with van der Waals surface area (Å²) in [5.74, 6) is -1.11. The molecule has 2 N–H and O–H groups in total. The fourth-order valence-corrected chi connectivity index (χ4v) is 2.80. The van der Waals surface area contributed by atoms with Gasteiger partial charge in [-0.25, -0.2) is 9.18 Å². The maximum Gasteiger partial charge on any atom is 0.410 e. The maximum absolute atomic E-state index is 15.0. The molecule has 1 fully saturated rings. The second-order valence-corrected chi connectivity index (χ2v) is 7.42. The number of amides is 2. The quantitative estimate of drug-likeness (QED) is 0.839. The first-order chi connectivity index (χ1) is 13.2. The van der Waals surface area contributed by atoms with Crippen LogP contribution < -0.4 is 5.32 Å². The molecule has 0 bridgehead atoms. The van der Waals surface area contributed by atoms with Gasteiger partial charge in [-0.15, -0.1) is 0 Å². The van der Waals surface area contributed by atoms with Crippen molar-refractivity contribution in [3.8, 4) is 0 Å². The van der Waals surface area contributed by atoms with Crippen molar-refractivity contribution < 1.29 is 23.5 Å². The molecule has 0 aliphatic carbocycles. The first-order valence-electron chi connectivity index (χ1n) is 8.93. The Kier molecular flexibility index (Phi) is 5.64. The van der Waals surface area contributed by atoms with Gasteiger partial charge in [0.1, 0.15) is 17.4 Å². The molecule has 1 atom stereocenters. The van der Waals surface area contributed by atoms with Gasteiger partial charge in [-0.3, -0.25) is 9.89 Å². The van der Waals surface area contributed by atoms with E-state index in [1.54, 1.807) is 32.9 Å². The lowest BCUT2D eigenvalue weighted by molar-refractivity contribution is -0.0443. The third-order valence-corrected chi connectivity index (χ3v) is 4.09. The minimum atomic E-state index is -0.662. The molecule has 1 saturated heterocycles. The van der Waals surface area contributed by atoms with Gasteiger partial charge in [-0.05, 0) is 32.9 Å². The van der Waals surface area contributed by atoms with Crippen molar-refractivity contribution in [3.63, 3.8) is 0 Å². The zero-order chi connectivity index (χ0) is 20.3. The second kappa shape index (κ2) is 7.97. The lowest BCUT2D eigenvalue weighted by Crippen LogP contribution is -2.44. The molecule has 1 aromatic heterocycles. The van der Waals surface area contributed by atoms with E-state index in [2.05, 4.69) is 15.5 Å². The van der Waals surface area contributed by atoms with E-state index in [4.69, 9.17) is 9.47 Å². The average molecular weight is 390 g/mol. The summed E-state index contributed by atoms with van der Waals surface area (Å²) in [7, 11) is 0. The Hall–Kier alpha value is -2.94. The van der Waals surface area contributed by atoms with E-state index >= 15 is 4.39 Å². The Morgan fingerprint density at radius 3 is 2.82 bits per heavy atom. The number of H-pyrrole nitrogens is 1. The molecule has 3 rings (SSSR count). The number of hydrogen-bond acceptors (Lipinski definition) is 5. The number of aromatic amines is 1. The van der Waals surface area contributed by atoms with Gasteiger partial charge in [0, 0.05) is 18.3 Å². The van der Waals surface area contributed by atoms with Gasteiger partial charge in [0.25, 0.3) is 5.91 Å². The van der Waals surface area contributed by atoms with Gasteiger partial charge in [0.2, 0.25) is 0 Å². The normalized spacial score (nSPS) is 17.3. The van der Waals surface area contributed by atoms with E-state index in [1.165, 1.54) is 23.2 Å². The number of morpholine rings is 1. The van der Waals surface area contributed by atoms with Gasteiger partial charge >= 0.3 is 6.09 Å². The lowest BCUT2D eigenvalue weighted by Gasteiger charge is -2.34. The fourth-order valence-electron chi connectivity index (χ4n) is 2.80.